The molecule has 0 bridgehead atoms. The Bertz CT molecular complexity index is 743. The number of aryl methyl sites for hydroxylation is 2. The van der Waals surface area contributed by atoms with Crippen LogP contribution < -0.4 is 5.32 Å². The maximum atomic E-state index is 12.2. The summed E-state index contributed by atoms with van der Waals surface area (Å²) in [5.74, 6) is -0.256. The van der Waals surface area contributed by atoms with Crippen LogP contribution >= 0.6 is 0 Å². The highest BCUT2D eigenvalue weighted by Gasteiger charge is 2.15. The Morgan fingerprint density at radius 1 is 1.37 bits per heavy atom. The lowest BCUT2D eigenvalue weighted by Gasteiger charge is -2.02. The van der Waals surface area contributed by atoms with E-state index in [2.05, 4.69) is 25.6 Å². The number of nitrogens with zero attached hydrogens (tertiary/aromatic N) is 4. The van der Waals surface area contributed by atoms with Gasteiger partial charge in [-0.1, -0.05) is 0 Å². The summed E-state index contributed by atoms with van der Waals surface area (Å²) in [7, 11) is 0. The number of carbonyl (C=O) groups excluding carboxylic acids is 1. The number of hydrogen-bond acceptors (Lipinski definition) is 4. The molecular formula is C12H12N6O. The lowest BCUT2D eigenvalue weighted by molar-refractivity contribution is 0.102. The van der Waals surface area contributed by atoms with Crippen LogP contribution in [0.2, 0.25) is 0 Å². The average molecular weight is 256 g/mol. The van der Waals surface area contributed by atoms with Crippen LogP contribution in [0.4, 0.5) is 5.69 Å². The van der Waals surface area contributed by atoms with Crippen molar-refractivity contribution in [3.63, 3.8) is 0 Å². The molecule has 0 aliphatic heterocycles. The zero-order valence-corrected chi connectivity index (χ0v) is 10.5. The molecule has 0 saturated carbocycles. The highest BCUT2D eigenvalue weighted by Crippen LogP contribution is 2.13. The van der Waals surface area contributed by atoms with Gasteiger partial charge in [0, 0.05) is 17.6 Å². The van der Waals surface area contributed by atoms with Crippen molar-refractivity contribution < 1.29 is 4.79 Å². The van der Waals surface area contributed by atoms with Crippen molar-refractivity contribution in [1.29, 1.82) is 0 Å². The Morgan fingerprint density at radius 3 is 2.95 bits per heavy atom. The first kappa shape index (κ1) is 11.4. The Kier molecular flexibility index (Phi) is 2.52. The predicted octanol–water partition coefficient (Wildman–Crippen LogP) is 1.32. The fraction of sp³-hybridized carbons (Fsp3) is 0.167. The normalized spacial score (nSPS) is 10.8. The molecule has 0 aliphatic rings. The third-order valence-corrected chi connectivity index (χ3v) is 2.78. The van der Waals surface area contributed by atoms with Gasteiger partial charge in [0.15, 0.2) is 5.65 Å². The van der Waals surface area contributed by atoms with Gasteiger partial charge in [-0.25, -0.2) is 9.50 Å². The van der Waals surface area contributed by atoms with Crippen molar-refractivity contribution in [2.24, 2.45) is 0 Å². The predicted molar refractivity (Wildman–Crippen MR) is 69.0 cm³/mol. The molecule has 0 spiro atoms. The molecular weight excluding hydrogens is 244 g/mol. The van der Waals surface area contributed by atoms with Gasteiger partial charge in [0.05, 0.1) is 18.1 Å². The fourth-order valence-electron chi connectivity index (χ4n) is 1.95. The van der Waals surface area contributed by atoms with E-state index < -0.39 is 0 Å². The molecule has 0 atom stereocenters. The van der Waals surface area contributed by atoms with E-state index in [0.29, 0.717) is 16.9 Å². The number of amides is 1. The number of aromatic nitrogens is 5. The highest BCUT2D eigenvalue weighted by atomic mass is 16.1. The van der Waals surface area contributed by atoms with Gasteiger partial charge < -0.3 is 5.32 Å². The van der Waals surface area contributed by atoms with Gasteiger partial charge in [0.2, 0.25) is 0 Å². The fourth-order valence-corrected chi connectivity index (χ4v) is 1.95. The van der Waals surface area contributed by atoms with E-state index >= 15 is 0 Å². The number of anilines is 1. The van der Waals surface area contributed by atoms with Gasteiger partial charge >= 0.3 is 0 Å². The SMILES string of the molecule is Cc1cc(C)n2ncc(C(=O)Nc3cn[nH]c3)c2n1. The molecule has 0 aliphatic carbocycles. The number of rotatable bonds is 2. The first-order valence-corrected chi connectivity index (χ1v) is 5.77. The zero-order chi connectivity index (χ0) is 13.4. The molecule has 3 aromatic heterocycles. The van der Waals surface area contributed by atoms with Crippen molar-refractivity contribution in [2.45, 2.75) is 13.8 Å². The van der Waals surface area contributed by atoms with E-state index in [1.165, 1.54) is 12.4 Å². The molecule has 1 amide bonds. The van der Waals surface area contributed by atoms with Gasteiger partial charge in [0.1, 0.15) is 5.56 Å². The maximum absolute atomic E-state index is 12.2. The summed E-state index contributed by atoms with van der Waals surface area (Å²) in [6.07, 6.45) is 4.66. The van der Waals surface area contributed by atoms with E-state index in [1.54, 1.807) is 10.7 Å². The monoisotopic (exact) mass is 256 g/mol. The molecule has 19 heavy (non-hydrogen) atoms. The minimum absolute atomic E-state index is 0.256. The Hall–Kier alpha value is -2.70. The summed E-state index contributed by atoms with van der Waals surface area (Å²) in [5, 5.41) is 13.3. The van der Waals surface area contributed by atoms with Crippen LogP contribution in [0, 0.1) is 13.8 Å². The van der Waals surface area contributed by atoms with Crippen LogP contribution in [0.1, 0.15) is 21.7 Å². The first-order chi connectivity index (χ1) is 9.15. The smallest absolute Gasteiger partial charge is 0.261 e. The van der Waals surface area contributed by atoms with Gasteiger partial charge in [0.25, 0.3) is 5.91 Å². The van der Waals surface area contributed by atoms with Crippen LogP contribution in [0.15, 0.2) is 24.7 Å². The summed E-state index contributed by atoms with van der Waals surface area (Å²) in [4.78, 5) is 16.5. The quantitative estimate of drug-likeness (QED) is 0.723. The molecule has 0 saturated heterocycles. The van der Waals surface area contributed by atoms with Crippen LogP contribution in [-0.4, -0.2) is 30.7 Å². The van der Waals surface area contributed by atoms with E-state index in [9.17, 15) is 4.79 Å². The van der Waals surface area contributed by atoms with Crippen molar-refractivity contribution in [1.82, 2.24) is 24.8 Å². The van der Waals surface area contributed by atoms with Gasteiger partial charge in [-0.05, 0) is 19.9 Å². The minimum atomic E-state index is -0.256. The average Bonchev–Trinajstić information content (AvgIpc) is 2.97. The molecule has 3 aromatic rings. The number of hydrogen-bond donors (Lipinski definition) is 2. The lowest BCUT2D eigenvalue weighted by Crippen LogP contribution is -2.12. The molecule has 0 fully saturated rings. The third-order valence-electron chi connectivity index (χ3n) is 2.78. The molecule has 3 heterocycles. The summed E-state index contributed by atoms with van der Waals surface area (Å²) < 4.78 is 1.65. The summed E-state index contributed by atoms with van der Waals surface area (Å²) in [6.45, 7) is 3.81. The van der Waals surface area contributed by atoms with Crippen LogP contribution in [0.25, 0.3) is 5.65 Å². The standard InChI is InChI=1S/C12H12N6O/c1-7-3-8(2)18-11(16-7)10(6-15-18)12(19)17-9-4-13-14-5-9/h3-6H,1-2H3,(H,13,14)(H,17,19). The molecule has 0 unspecified atom stereocenters. The number of fused-ring (bicyclic) bond motifs is 1. The third kappa shape index (κ3) is 1.95. The Labute approximate surface area is 108 Å². The minimum Gasteiger partial charge on any atom is -0.319 e. The second kappa shape index (κ2) is 4.20. The van der Waals surface area contributed by atoms with E-state index in [0.717, 1.165) is 11.4 Å². The Balaban J connectivity index is 2.03. The zero-order valence-electron chi connectivity index (χ0n) is 10.5. The van der Waals surface area contributed by atoms with E-state index in [-0.39, 0.29) is 5.91 Å². The number of nitrogens with one attached hydrogen (secondary N) is 2. The molecule has 0 radical (unpaired) electrons. The maximum Gasteiger partial charge on any atom is 0.261 e. The Morgan fingerprint density at radius 2 is 2.21 bits per heavy atom. The molecule has 7 heteroatoms. The van der Waals surface area contributed by atoms with Crippen molar-refractivity contribution in [3.8, 4) is 0 Å². The number of aromatic amines is 1. The molecule has 2 N–H and O–H groups in total. The second-order valence-electron chi connectivity index (χ2n) is 4.27. The highest BCUT2D eigenvalue weighted by molar-refractivity contribution is 6.08. The van der Waals surface area contributed by atoms with Crippen LogP contribution in [-0.2, 0) is 0 Å². The largest absolute Gasteiger partial charge is 0.319 e. The van der Waals surface area contributed by atoms with E-state index in [4.69, 9.17) is 0 Å². The summed E-state index contributed by atoms with van der Waals surface area (Å²) in [6, 6.07) is 1.91. The van der Waals surface area contributed by atoms with Crippen molar-refractivity contribution >= 4 is 17.2 Å². The van der Waals surface area contributed by atoms with Crippen molar-refractivity contribution in [2.75, 3.05) is 5.32 Å². The summed E-state index contributed by atoms with van der Waals surface area (Å²) >= 11 is 0. The van der Waals surface area contributed by atoms with Crippen LogP contribution in [0.3, 0.4) is 0 Å². The van der Waals surface area contributed by atoms with E-state index in [1.807, 2.05) is 19.9 Å². The number of H-pyrrole nitrogens is 1. The van der Waals surface area contributed by atoms with Gasteiger partial charge in [-0.3, -0.25) is 9.89 Å². The molecule has 7 nitrogen and oxygen atoms in total. The topological polar surface area (TPSA) is 88.0 Å². The number of carbonyl (C=O) groups is 1. The van der Waals surface area contributed by atoms with Gasteiger partial charge in [-0.2, -0.15) is 10.2 Å². The molecule has 0 aromatic carbocycles. The lowest BCUT2D eigenvalue weighted by atomic mass is 10.3. The van der Waals surface area contributed by atoms with Gasteiger partial charge in [-0.15, -0.1) is 0 Å². The summed E-state index contributed by atoms with van der Waals surface area (Å²) in [5.41, 5.74) is 3.38. The second-order valence-corrected chi connectivity index (χ2v) is 4.27. The first-order valence-electron chi connectivity index (χ1n) is 5.77. The molecule has 96 valence electrons. The molecule has 3 rings (SSSR count). The van der Waals surface area contributed by atoms with Crippen molar-refractivity contribution in [3.05, 3.63) is 41.6 Å². The van der Waals surface area contributed by atoms with Crippen LogP contribution in [0.5, 0.6) is 0 Å².